The molecule has 1 N–H and O–H groups in total. The van der Waals surface area contributed by atoms with Gasteiger partial charge in [-0.05, 0) is 26.0 Å². The lowest BCUT2D eigenvalue weighted by atomic mass is 10.4. The van der Waals surface area contributed by atoms with E-state index in [4.69, 9.17) is 9.15 Å². The minimum Gasteiger partial charge on any atom is -0.478 e. The van der Waals surface area contributed by atoms with Crippen LogP contribution >= 0.6 is 0 Å². The standard InChI is InChI=1S/C12H15N3O2/c1-3-16-11-7-9(2)14-12(15-11)13-8-10-5-4-6-17-10/h4-7H,3,8H2,1-2H3,(H,13,14,15). The van der Waals surface area contributed by atoms with Crippen molar-refractivity contribution >= 4 is 5.95 Å². The second-order valence-corrected chi connectivity index (χ2v) is 3.54. The maximum Gasteiger partial charge on any atom is 0.226 e. The lowest BCUT2D eigenvalue weighted by molar-refractivity contribution is 0.326. The summed E-state index contributed by atoms with van der Waals surface area (Å²) in [5.41, 5.74) is 0.866. The molecule has 90 valence electrons. The zero-order valence-corrected chi connectivity index (χ0v) is 9.93. The number of ether oxygens (including phenoxy) is 1. The van der Waals surface area contributed by atoms with E-state index >= 15 is 0 Å². The third kappa shape index (κ3) is 3.21. The minimum absolute atomic E-state index is 0.546. The fourth-order valence-corrected chi connectivity index (χ4v) is 1.42. The van der Waals surface area contributed by atoms with Crippen molar-refractivity contribution in [1.29, 1.82) is 0 Å². The quantitative estimate of drug-likeness (QED) is 0.859. The first-order valence-electron chi connectivity index (χ1n) is 5.52. The van der Waals surface area contributed by atoms with Crippen LogP contribution in [0.5, 0.6) is 5.88 Å². The van der Waals surface area contributed by atoms with Gasteiger partial charge in [0.15, 0.2) is 0 Å². The molecule has 0 aliphatic heterocycles. The first-order valence-corrected chi connectivity index (χ1v) is 5.52. The molecule has 5 nitrogen and oxygen atoms in total. The summed E-state index contributed by atoms with van der Waals surface area (Å²) in [5.74, 6) is 1.97. The van der Waals surface area contributed by atoms with Crippen molar-refractivity contribution in [3.05, 3.63) is 35.9 Å². The van der Waals surface area contributed by atoms with Gasteiger partial charge in [-0.2, -0.15) is 4.98 Å². The monoisotopic (exact) mass is 233 g/mol. The summed E-state index contributed by atoms with van der Waals surface area (Å²) in [6.45, 7) is 4.98. The van der Waals surface area contributed by atoms with Crippen LogP contribution in [0, 0.1) is 6.92 Å². The Hall–Kier alpha value is -2.04. The first kappa shape index (κ1) is 11.4. The van der Waals surface area contributed by atoms with Gasteiger partial charge in [0.2, 0.25) is 11.8 Å². The molecule has 0 atom stereocenters. The Labute approximate surface area is 99.8 Å². The van der Waals surface area contributed by atoms with E-state index in [0.29, 0.717) is 25.0 Å². The highest BCUT2D eigenvalue weighted by Gasteiger charge is 2.03. The van der Waals surface area contributed by atoms with Crippen molar-refractivity contribution in [3.8, 4) is 5.88 Å². The van der Waals surface area contributed by atoms with Crippen LogP contribution in [0.3, 0.4) is 0 Å². The van der Waals surface area contributed by atoms with Gasteiger partial charge in [-0.25, -0.2) is 4.98 Å². The number of rotatable bonds is 5. The molecule has 0 saturated carbocycles. The third-order valence-corrected chi connectivity index (χ3v) is 2.12. The smallest absolute Gasteiger partial charge is 0.226 e. The maximum absolute atomic E-state index is 5.35. The molecule has 2 aromatic heterocycles. The Morgan fingerprint density at radius 1 is 1.41 bits per heavy atom. The van der Waals surface area contributed by atoms with Crippen molar-refractivity contribution in [2.45, 2.75) is 20.4 Å². The topological polar surface area (TPSA) is 60.2 Å². The van der Waals surface area contributed by atoms with E-state index in [2.05, 4.69) is 15.3 Å². The summed E-state index contributed by atoms with van der Waals surface area (Å²) in [6.07, 6.45) is 1.64. The number of aryl methyl sites for hydroxylation is 1. The van der Waals surface area contributed by atoms with E-state index in [9.17, 15) is 0 Å². The minimum atomic E-state index is 0.546. The Morgan fingerprint density at radius 3 is 3.00 bits per heavy atom. The molecule has 2 rings (SSSR count). The van der Waals surface area contributed by atoms with Gasteiger partial charge in [0.25, 0.3) is 0 Å². The Kier molecular flexibility index (Phi) is 3.59. The van der Waals surface area contributed by atoms with E-state index in [0.717, 1.165) is 11.5 Å². The Balaban J connectivity index is 2.04. The molecule has 0 fully saturated rings. The first-order chi connectivity index (χ1) is 8.28. The summed E-state index contributed by atoms with van der Waals surface area (Å²) >= 11 is 0. The van der Waals surface area contributed by atoms with Crippen LogP contribution in [0.1, 0.15) is 18.4 Å². The summed E-state index contributed by atoms with van der Waals surface area (Å²) in [6, 6.07) is 5.55. The van der Waals surface area contributed by atoms with Gasteiger partial charge in [-0.3, -0.25) is 0 Å². The van der Waals surface area contributed by atoms with E-state index in [1.54, 1.807) is 6.26 Å². The van der Waals surface area contributed by atoms with Crippen molar-refractivity contribution < 1.29 is 9.15 Å². The number of nitrogens with zero attached hydrogens (tertiary/aromatic N) is 2. The highest BCUT2D eigenvalue weighted by Crippen LogP contribution is 2.12. The zero-order chi connectivity index (χ0) is 12.1. The number of anilines is 1. The number of furan rings is 1. The molecule has 0 bridgehead atoms. The van der Waals surface area contributed by atoms with E-state index in [-0.39, 0.29) is 0 Å². The molecule has 0 amide bonds. The second-order valence-electron chi connectivity index (χ2n) is 3.54. The Morgan fingerprint density at radius 2 is 2.29 bits per heavy atom. The van der Waals surface area contributed by atoms with Crippen LogP contribution in [0.25, 0.3) is 0 Å². The lowest BCUT2D eigenvalue weighted by Gasteiger charge is -2.07. The van der Waals surface area contributed by atoms with E-state index in [1.807, 2.05) is 32.0 Å². The van der Waals surface area contributed by atoms with Crippen LogP contribution in [-0.4, -0.2) is 16.6 Å². The second kappa shape index (κ2) is 5.34. The SMILES string of the molecule is CCOc1cc(C)nc(NCc2ccco2)n1. The number of hydrogen-bond donors (Lipinski definition) is 1. The molecule has 0 radical (unpaired) electrons. The highest BCUT2D eigenvalue weighted by atomic mass is 16.5. The molecule has 0 unspecified atom stereocenters. The molecule has 2 aromatic rings. The molecule has 0 aromatic carbocycles. The van der Waals surface area contributed by atoms with Gasteiger partial charge < -0.3 is 14.5 Å². The summed E-state index contributed by atoms with van der Waals surface area (Å²) in [7, 11) is 0. The normalized spacial score (nSPS) is 10.2. The molecular formula is C12H15N3O2. The summed E-state index contributed by atoms with van der Waals surface area (Å²) in [4.78, 5) is 8.51. The third-order valence-electron chi connectivity index (χ3n) is 2.12. The number of nitrogens with one attached hydrogen (secondary N) is 1. The van der Waals surface area contributed by atoms with Crippen LogP contribution in [0.15, 0.2) is 28.9 Å². The van der Waals surface area contributed by atoms with Gasteiger partial charge in [0, 0.05) is 11.8 Å². The highest BCUT2D eigenvalue weighted by molar-refractivity contribution is 5.31. The van der Waals surface area contributed by atoms with Gasteiger partial charge >= 0.3 is 0 Å². The molecule has 2 heterocycles. The van der Waals surface area contributed by atoms with Crippen LogP contribution in [0.4, 0.5) is 5.95 Å². The van der Waals surface area contributed by atoms with Crippen molar-refractivity contribution in [1.82, 2.24) is 9.97 Å². The molecule has 0 aliphatic carbocycles. The predicted octanol–water partition coefficient (Wildman–Crippen LogP) is 2.39. The van der Waals surface area contributed by atoms with Crippen molar-refractivity contribution in [2.75, 3.05) is 11.9 Å². The molecular weight excluding hydrogens is 218 g/mol. The van der Waals surface area contributed by atoms with Gasteiger partial charge in [0.1, 0.15) is 5.76 Å². The van der Waals surface area contributed by atoms with Crippen LogP contribution in [0.2, 0.25) is 0 Å². The predicted molar refractivity (Wildman–Crippen MR) is 64.0 cm³/mol. The zero-order valence-electron chi connectivity index (χ0n) is 9.93. The Bertz CT molecular complexity index is 469. The fraction of sp³-hybridized carbons (Fsp3) is 0.333. The van der Waals surface area contributed by atoms with Gasteiger partial charge in [-0.1, -0.05) is 0 Å². The van der Waals surface area contributed by atoms with Crippen LogP contribution < -0.4 is 10.1 Å². The number of aromatic nitrogens is 2. The molecule has 0 spiro atoms. The van der Waals surface area contributed by atoms with Gasteiger partial charge in [-0.15, -0.1) is 0 Å². The molecule has 5 heteroatoms. The average Bonchev–Trinajstić information content (AvgIpc) is 2.79. The molecule has 17 heavy (non-hydrogen) atoms. The molecule has 0 aliphatic rings. The largest absolute Gasteiger partial charge is 0.478 e. The number of hydrogen-bond acceptors (Lipinski definition) is 5. The molecule has 0 saturated heterocycles. The maximum atomic E-state index is 5.35. The fourth-order valence-electron chi connectivity index (χ4n) is 1.42. The van der Waals surface area contributed by atoms with E-state index in [1.165, 1.54) is 0 Å². The lowest BCUT2D eigenvalue weighted by Crippen LogP contribution is -2.05. The van der Waals surface area contributed by atoms with E-state index < -0.39 is 0 Å². The summed E-state index contributed by atoms with van der Waals surface area (Å²) in [5, 5.41) is 3.09. The van der Waals surface area contributed by atoms with Gasteiger partial charge in [0.05, 0.1) is 19.4 Å². The van der Waals surface area contributed by atoms with Crippen LogP contribution in [-0.2, 0) is 6.54 Å². The van der Waals surface area contributed by atoms with Crippen molar-refractivity contribution in [3.63, 3.8) is 0 Å². The average molecular weight is 233 g/mol. The summed E-state index contributed by atoms with van der Waals surface area (Å²) < 4.78 is 10.6. The van der Waals surface area contributed by atoms with Crippen molar-refractivity contribution in [2.24, 2.45) is 0 Å².